The van der Waals surface area contributed by atoms with Gasteiger partial charge in [-0.15, -0.1) is 11.6 Å². The van der Waals surface area contributed by atoms with Gasteiger partial charge in [0.15, 0.2) is 5.78 Å². The van der Waals surface area contributed by atoms with Gasteiger partial charge < -0.3 is 0 Å². The van der Waals surface area contributed by atoms with Gasteiger partial charge >= 0.3 is 0 Å². The Kier molecular flexibility index (Phi) is 3.18. The number of hydrogen-bond donors (Lipinski definition) is 0. The molecule has 1 rings (SSSR count). The molecule has 13 heavy (non-hydrogen) atoms. The molecule has 0 aromatic rings. The summed E-state index contributed by atoms with van der Waals surface area (Å²) in [4.78, 5) is 11.6. The highest BCUT2D eigenvalue weighted by molar-refractivity contribution is 6.33. The molecule has 0 radical (unpaired) electrons. The molecule has 2 heteroatoms. The molecule has 0 amide bonds. The summed E-state index contributed by atoms with van der Waals surface area (Å²) < 4.78 is 0. The quantitative estimate of drug-likeness (QED) is 0.433. The third-order valence-electron chi connectivity index (χ3n) is 2.62. The molecular formula is C11H17ClO. The van der Waals surface area contributed by atoms with E-state index in [0.717, 1.165) is 18.4 Å². The van der Waals surface area contributed by atoms with E-state index in [0.29, 0.717) is 6.42 Å². The van der Waals surface area contributed by atoms with Gasteiger partial charge in [0.1, 0.15) is 5.38 Å². The molecule has 0 saturated carbocycles. The number of carbonyl (C=O) groups is 1. The number of carbonyl (C=O) groups excluding carboxylic acids is 1. The first-order chi connectivity index (χ1) is 5.92. The molecule has 0 fully saturated rings. The molecule has 0 N–H and O–H groups in total. The van der Waals surface area contributed by atoms with Crippen LogP contribution in [0.3, 0.4) is 0 Å². The van der Waals surface area contributed by atoms with Crippen LogP contribution in [0.5, 0.6) is 0 Å². The van der Waals surface area contributed by atoms with Crippen molar-refractivity contribution < 1.29 is 4.79 Å². The Balaban J connectivity index is 2.83. The van der Waals surface area contributed by atoms with Crippen LogP contribution in [0.1, 0.15) is 40.0 Å². The van der Waals surface area contributed by atoms with Crippen molar-refractivity contribution in [1.29, 1.82) is 0 Å². The van der Waals surface area contributed by atoms with E-state index in [-0.39, 0.29) is 16.6 Å². The van der Waals surface area contributed by atoms with Crippen LogP contribution >= 0.6 is 11.6 Å². The number of hydrogen-bond acceptors (Lipinski definition) is 1. The van der Waals surface area contributed by atoms with Crippen LogP contribution in [0.15, 0.2) is 11.6 Å². The summed E-state index contributed by atoms with van der Waals surface area (Å²) in [6, 6.07) is 0. The molecule has 0 aliphatic heterocycles. The number of allylic oxidation sites excluding steroid dienone is 2. The van der Waals surface area contributed by atoms with Gasteiger partial charge in [0, 0.05) is 6.42 Å². The highest BCUT2D eigenvalue weighted by Crippen LogP contribution is 2.32. The first-order valence-corrected chi connectivity index (χ1v) is 5.19. The average Bonchev–Trinajstić information content (AvgIpc) is 2.00. The Morgan fingerprint density at radius 1 is 1.54 bits per heavy atom. The summed E-state index contributed by atoms with van der Waals surface area (Å²) in [7, 11) is 0. The lowest BCUT2D eigenvalue weighted by atomic mass is 9.80. The molecule has 1 aliphatic rings. The zero-order valence-corrected chi connectivity index (χ0v) is 9.32. The molecule has 1 atom stereocenters. The molecule has 0 spiro atoms. The molecule has 1 aliphatic carbocycles. The number of alkyl halides is 1. The van der Waals surface area contributed by atoms with Crippen molar-refractivity contribution in [2.45, 2.75) is 45.4 Å². The van der Waals surface area contributed by atoms with Gasteiger partial charge in [-0.05, 0) is 25.2 Å². The molecule has 1 unspecified atom stereocenters. The standard InChI is InChI=1S/C11H17ClO/c1-8-5-4-6-11(2,3)7-9(13)10(8)12/h5,10H,4,6-7H2,1-3H3. The van der Waals surface area contributed by atoms with Gasteiger partial charge in [-0.2, -0.15) is 0 Å². The molecule has 1 nitrogen and oxygen atoms in total. The van der Waals surface area contributed by atoms with Gasteiger partial charge in [-0.1, -0.05) is 25.5 Å². The minimum atomic E-state index is -0.389. The van der Waals surface area contributed by atoms with Crippen molar-refractivity contribution >= 4 is 17.4 Å². The minimum absolute atomic E-state index is 0.113. The van der Waals surface area contributed by atoms with E-state index >= 15 is 0 Å². The lowest BCUT2D eigenvalue weighted by molar-refractivity contribution is -0.120. The van der Waals surface area contributed by atoms with E-state index < -0.39 is 0 Å². The smallest absolute Gasteiger partial charge is 0.155 e. The van der Waals surface area contributed by atoms with Gasteiger partial charge in [-0.25, -0.2) is 0 Å². The van der Waals surface area contributed by atoms with Crippen LogP contribution in [0.2, 0.25) is 0 Å². The van der Waals surface area contributed by atoms with Crippen molar-refractivity contribution in [2.75, 3.05) is 0 Å². The van der Waals surface area contributed by atoms with E-state index in [1.165, 1.54) is 0 Å². The van der Waals surface area contributed by atoms with Crippen molar-refractivity contribution in [1.82, 2.24) is 0 Å². The van der Waals surface area contributed by atoms with Gasteiger partial charge in [0.25, 0.3) is 0 Å². The van der Waals surface area contributed by atoms with Crippen molar-refractivity contribution in [2.24, 2.45) is 5.41 Å². The maximum absolute atomic E-state index is 11.6. The second-order valence-corrected chi connectivity index (χ2v) is 5.09. The Morgan fingerprint density at radius 2 is 2.15 bits per heavy atom. The molecule has 0 saturated heterocycles. The van der Waals surface area contributed by atoms with Gasteiger partial charge in [0.2, 0.25) is 0 Å². The first-order valence-electron chi connectivity index (χ1n) is 4.76. The van der Waals surface area contributed by atoms with Crippen LogP contribution < -0.4 is 0 Å². The summed E-state index contributed by atoms with van der Waals surface area (Å²) in [5.41, 5.74) is 1.13. The largest absolute Gasteiger partial charge is 0.298 e. The van der Waals surface area contributed by atoms with E-state index in [9.17, 15) is 4.79 Å². The Morgan fingerprint density at radius 3 is 2.77 bits per heavy atom. The molecule has 0 heterocycles. The zero-order valence-electron chi connectivity index (χ0n) is 8.56. The van der Waals surface area contributed by atoms with Crippen LogP contribution in [-0.2, 0) is 4.79 Å². The van der Waals surface area contributed by atoms with Gasteiger partial charge in [-0.3, -0.25) is 4.79 Å². The lowest BCUT2D eigenvalue weighted by Gasteiger charge is -2.26. The van der Waals surface area contributed by atoms with Crippen LogP contribution in [0.4, 0.5) is 0 Å². The average molecular weight is 201 g/mol. The zero-order chi connectivity index (χ0) is 10.1. The van der Waals surface area contributed by atoms with Crippen molar-refractivity contribution in [3.63, 3.8) is 0 Å². The third-order valence-corrected chi connectivity index (χ3v) is 3.21. The summed E-state index contributed by atoms with van der Waals surface area (Å²) in [5, 5.41) is -0.389. The fourth-order valence-corrected chi connectivity index (χ4v) is 1.86. The van der Waals surface area contributed by atoms with Gasteiger partial charge in [0.05, 0.1) is 0 Å². The Hall–Kier alpha value is -0.300. The van der Waals surface area contributed by atoms with Crippen molar-refractivity contribution in [3.05, 3.63) is 11.6 Å². The molecule has 74 valence electrons. The maximum atomic E-state index is 11.6. The Labute approximate surface area is 85.2 Å². The summed E-state index contributed by atoms with van der Waals surface area (Å²) >= 11 is 6.00. The summed E-state index contributed by atoms with van der Waals surface area (Å²) in [6.07, 6.45) is 4.80. The van der Waals surface area contributed by atoms with E-state index in [2.05, 4.69) is 19.9 Å². The highest BCUT2D eigenvalue weighted by atomic mass is 35.5. The lowest BCUT2D eigenvalue weighted by Crippen LogP contribution is -2.25. The Bertz CT molecular complexity index is 240. The summed E-state index contributed by atoms with van der Waals surface area (Å²) in [5.74, 6) is 0.167. The minimum Gasteiger partial charge on any atom is -0.298 e. The van der Waals surface area contributed by atoms with Crippen LogP contribution in [0, 0.1) is 5.41 Å². The number of Topliss-reactive ketones (excluding diaryl/α,β-unsaturated/α-hetero) is 1. The molecule has 0 aromatic carbocycles. The van der Waals surface area contributed by atoms with E-state index in [1.54, 1.807) is 0 Å². The topological polar surface area (TPSA) is 17.1 Å². The number of rotatable bonds is 0. The number of ketones is 1. The van der Waals surface area contributed by atoms with Crippen LogP contribution in [0.25, 0.3) is 0 Å². The fourth-order valence-electron chi connectivity index (χ4n) is 1.70. The summed E-state index contributed by atoms with van der Waals surface area (Å²) in [6.45, 7) is 6.19. The third kappa shape index (κ3) is 2.84. The predicted molar refractivity (Wildman–Crippen MR) is 56.0 cm³/mol. The number of halogens is 1. The normalized spacial score (nSPS) is 29.1. The fraction of sp³-hybridized carbons (Fsp3) is 0.727. The predicted octanol–water partition coefficient (Wildman–Crippen LogP) is 3.32. The molecular weight excluding hydrogens is 184 g/mol. The maximum Gasteiger partial charge on any atom is 0.155 e. The second kappa shape index (κ2) is 3.83. The molecule has 0 bridgehead atoms. The molecule has 0 aromatic heterocycles. The first kappa shape index (κ1) is 10.8. The van der Waals surface area contributed by atoms with Crippen molar-refractivity contribution in [3.8, 4) is 0 Å². The van der Waals surface area contributed by atoms with E-state index in [1.807, 2.05) is 6.92 Å². The highest BCUT2D eigenvalue weighted by Gasteiger charge is 2.28. The van der Waals surface area contributed by atoms with E-state index in [4.69, 9.17) is 11.6 Å². The second-order valence-electron chi connectivity index (χ2n) is 4.66. The monoisotopic (exact) mass is 200 g/mol. The van der Waals surface area contributed by atoms with Crippen LogP contribution in [-0.4, -0.2) is 11.2 Å². The SMILES string of the molecule is CC1=CCCC(C)(C)CC(=O)C1Cl.